The van der Waals surface area contributed by atoms with E-state index >= 15 is 0 Å². The van der Waals surface area contributed by atoms with Gasteiger partial charge in [-0.3, -0.25) is 0 Å². The van der Waals surface area contributed by atoms with Crippen LogP contribution in [0.15, 0.2) is 21.1 Å². The van der Waals surface area contributed by atoms with E-state index in [-0.39, 0.29) is 11.6 Å². The number of benzene rings is 1. The largest absolute Gasteiger partial charge is 0.368 e. The van der Waals surface area contributed by atoms with E-state index in [2.05, 4.69) is 25.6 Å². The average Bonchev–Trinajstić information content (AvgIpc) is 2.61. The molecule has 0 unspecified atom stereocenters. The summed E-state index contributed by atoms with van der Waals surface area (Å²) < 4.78 is 43.9. The molecule has 7 heteroatoms. The van der Waals surface area contributed by atoms with E-state index in [0.717, 1.165) is 6.07 Å². The molecule has 0 aliphatic rings. The first kappa shape index (κ1) is 11.0. The Kier molecular flexibility index (Phi) is 2.63. The molecule has 0 saturated heterocycles. The van der Waals surface area contributed by atoms with Gasteiger partial charge < -0.3 is 10.3 Å². The number of rotatable bonds is 1. The number of halogens is 4. The lowest BCUT2D eigenvalue weighted by Crippen LogP contribution is -1.95. The molecular weight excluding hydrogens is 289 g/mol. The molecule has 0 atom stereocenters. The van der Waals surface area contributed by atoms with Crippen molar-refractivity contribution >= 4 is 21.8 Å². The minimum Gasteiger partial charge on any atom is -0.368 e. The molecule has 0 spiro atoms. The number of aromatic nitrogens is 1. The molecule has 2 N–H and O–H groups in total. The molecule has 2 aromatic rings. The Morgan fingerprint density at radius 1 is 1.19 bits per heavy atom. The SMILES string of the molecule is Nc1cc(-c2c(F)cc(F)c(Br)c2F)no1. The van der Waals surface area contributed by atoms with Crippen molar-refractivity contribution in [1.82, 2.24) is 5.16 Å². The second-order valence-corrected chi connectivity index (χ2v) is 3.75. The van der Waals surface area contributed by atoms with Crippen LogP contribution >= 0.6 is 15.9 Å². The predicted octanol–water partition coefficient (Wildman–Crippen LogP) is 3.10. The first-order chi connectivity index (χ1) is 7.50. The van der Waals surface area contributed by atoms with E-state index < -0.39 is 27.5 Å². The molecule has 3 nitrogen and oxygen atoms in total. The van der Waals surface area contributed by atoms with Crippen molar-refractivity contribution in [3.63, 3.8) is 0 Å². The highest BCUT2D eigenvalue weighted by Crippen LogP contribution is 2.32. The molecule has 2 rings (SSSR count). The Hall–Kier alpha value is -1.50. The maximum atomic E-state index is 13.6. The van der Waals surface area contributed by atoms with Gasteiger partial charge in [0.2, 0.25) is 5.88 Å². The molecule has 0 bridgehead atoms. The molecule has 1 aromatic heterocycles. The highest BCUT2D eigenvalue weighted by atomic mass is 79.9. The van der Waals surface area contributed by atoms with E-state index in [4.69, 9.17) is 5.73 Å². The van der Waals surface area contributed by atoms with Crippen LogP contribution in [0.2, 0.25) is 0 Å². The van der Waals surface area contributed by atoms with Gasteiger partial charge in [-0.1, -0.05) is 5.16 Å². The van der Waals surface area contributed by atoms with Gasteiger partial charge in [-0.15, -0.1) is 0 Å². The fraction of sp³-hybridized carbons (Fsp3) is 0. The first-order valence-corrected chi connectivity index (χ1v) is 4.85. The lowest BCUT2D eigenvalue weighted by Gasteiger charge is -2.03. The fourth-order valence-electron chi connectivity index (χ4n) is 1.21. The van der Waals surface area contributed by atoms with Crippen molar-refractivity contribution in [1.29, 1.82) is 0 Å². The molecule has 16 heavy (non-hydrogen) atoms. The molecule has 0 radical (unpaired) electrons. The van der Waals surface area contributed by atoms with E-state index in [1.807, 2.05) is 0 Å². The normalized spacial score (nSPS) is 10.8. The van der Waals surface area contributed by atoms with Gasteiger partial charge in [-0.2, -0.15) is 0 Å². The van der Waals surface area contributed by atoms with Crippen molar-refractivity contribution in [2.45, 2.75) is 0 Å². The summed E-state index contributed by atoms with van der Waals surface area (Å²) in [5.74, 6) is -3.29. The maximum absolute atomic E-state index is 13.6. The molecule has 0 saturated carbocycles. The summed E-state index contributed by atoms with van der Waals surface area (Å²) in [7, 11) is 0. The van der Waals surface area contributed by atoms with Gasteiger partial charge in [0, 0.05) is 12.1 Å². The summed E-state index contributed by atoms with van der Waals surface area (Å²) in [4.78, 5) is 0. The molecule has 0 aliphatic heterocycles. The number of nitrogens with zero attached hydrogens (tertiary/aromatic N) is 1. The van der Waals surface area contributed by atoms with E-state index in [9.17, 15) is 13.2 Å². The van der Waals surface area contributed by atoms with Crippen LogP contribution in [0.25, 0.3) is 11.3 Å². The lowest BCUT2D eigenvalue weighted by atomic mass is 10.1. The van der Waals surface area contributed by atoms with Gasteiger partial charge in [0.1, 0.15) is 17.3 Å². The van der Waals surface area contributed by atoms with Crippen LogP contribution in [-0.4, -0.2) is 5.16 Å². The molecule has 1 aromatic carbocycles. The van der Waals surface area contributed by atoms with E-state index in [1.54, 1.807) is 0 Å². The minimum atomic E-state index is -1.09. The van der Waals surface area contributed by atoms with Gasteiger partial charge in [-0.05, 0) is 15.9 Å². The topological polar surface area (TPSA) is 52.0 Å². The van der Waals surface area contributed by atoms with Crippen LogP contribution in [-0.2, 0) is 0 Å². The van der Waals surface area contributed by atoms with Crippen LogP contribution in [0.3, 0.4) is 0 Å². The van der Waals surface area contributed by atoms with Gasteiger partial charge in [-0.25, -0.2) is 13.2 Å². The Labute approximate surface area is 96.2 Å². The third kappa shape index (κ3) is 1.67. The van der Waals surface area contributed by atoms with Crippen molar-refractivity contribution in [2.24, 2.45) is 0 Å². The molecule has 84 valence electrons. The number of anilines is 1. The predicted molar refractivity (Wildman–Crippen MR) is 53.9 cm³/mol. The Balaban J connectivity index is 2.70. The van der Waals surface area contributed by atoms with Gasteiger partial charge in [0.25, 0.3) is 0 Å². The Morgan fingerprint density at radius 2 is 1.88 bits per heavy atom. The summed E-state index contributed by atoms with van der Waals surface area (Å²) in [5, 5.41) is 3.36. The van der Waals surface area contributed by atoms with Crippen molar-refractivity contribution in [3.8, 4) is 11.3 Å². The van der Waals surface area contributed by atoms with Crippen molar-refractivity contribution < 1.29 is 17.7 Å². The minimum absolute atomic E-state index is 0.0887. The van der Waals surface area contributed by atoms with Crippen LogP contribution < -0.4 is 5.73 Å². The summed E-state index contributed by atoms with van der Waals surface area (Å²) in [6, 6.07) is 1.69. The van der Waals surface area contributed by atoms with Crippen molar-refractivity contribution in [3.05, 3.63) is 34.1 Å². The number of nitrogen functional groups attached to an aromatic ring is 1. The highest BCUT2D eigenvalue weighted by molar-refractivity contribution is 9.10. The summed E-state index contributed by atoms with van der Waals surface area (Å²) in [5.41, 5.74) is 4.60. The van der Waals surface area contributed by atoms with E-state index in [1.165, 1.54) is 0 Å². The van der Waals surface area contributed by atoms with Crippen LogP contribution in [0.5, 0.6) is 0 Å². The monoisotopic (exact) mass is 292 g/mol. The molecule has 0 fully saturated rings. The van der Waals surface area contributed by atoms with Gasteiger partial charge >= 0.3 is 0 Å². The van der Waals surface area contributed by atoms with Gasteiger partial charge in [0.15, 0.2) is 5.82 Å². The standard InChI is InChI=1S/C9H4BrF3N2O/c10-8-4(12)1-3(11)7(9(8)13)5-2-6(14)16-15-5/h1-2H,14H2. The first-order valence-electron chi connectivity index (χ1n) is 4.06. The molecule has 0 amide bonds. The number of hydrogen-bond donors (Lipinski definition) is 1. The molecular formula is C9H4BrF3N2O. The van der Waals surface area contributed by atoms with Crippen LogP contribution in [0.4, 0.5) is 19.1 Å². The van der Waals surface area contributed by atoms with Gasteiger partial charge in [0.05, 0.1) is 10.0 Å². The third-order valence-corrected chi connectivity index (χ3v) is 2.63. The zero-order chi connectivity index (χ0) is 11.9. The zero-order valence-electron chi connectivity index (χ0n) is 7.60. The average molecular weight is 293 g/mol. The smallest absolute Gasteiger partial charge is 0.222 e. The quantitative estimate of drug-likeness (QED) is 0.649. The summed E-state index contributed by atoms with van der Waals surface area (Å²) in [6.45, 7) is 0. The maximum Gasteiger partial charge on any atom is 0.222 e. The van der Waals surface area contributed by atoms with Crippen LogP contribution in [0, 0.1) is 17.5 Å². The highest BCUT2D eigenvalue weighted by Gasteiger charge is 2.21. The number of hydrogen-bond acceptors (Lipinski definition) is 3. The second kappa shape index (κ2) is 3.82. The molecule has 0 aliphatic carbocycles. The fourth-order valence-corrected chi connectivity index (χ4v) is 1.52. The zero-order valence-corrected chi connectivity index (χ0v) is 9.19. The Bertz CT molecular complexity index is 556. The summed E-state index contributed by atoms with van der Waals surface area (Å²) >= 11 is 2.66. The van der Waals surface area contributed by atoms with E-state index in [0.29, 0.717) is 6.07 Å². The molecule has 1 heterocycles. The van der Waals surface area contributed by atoms with Crippen LogP contribution in [0.1, 0.15) is 0 Å². The van der Waals surface area contributed by atoms with Crippen molar-refractivity contribution in [2.75, 3.05) is 5.73 Å². The lowest BCUT2D eigenvalue weighted by molar-refractivity contribution is 0.437. The summed E-state index contributed by atoms with van der Waals surface area (Å²) in [6.07, 6.45) is 0. The number of nitrogens with two attached hydrogens (primary N) is 1. The Morgan fingerprint density at radius 3 is 2.44 bits per heavy atom. The third-order valence-electron chi connectivity index (χ3n) is 1.90. The second-order valence-electron chi connectivity index (χ2n) is 2.96.